The van der Waals surface area contributed by atoms with Gasteiger partial charge < -0.3 is 5.11 Å². The summed E-state index contributed by atoms with van der Waals surface area (Å²) in [6, 6.07) is 16.1. The maximum Gasteiger partial charge on any atom is 0.117 e. The Morgan fingerprint density at radius 3 is 2.75 bits per heavy atom. The predicted molar refractivity (Wildman–Crippen MR) is 79.5 cm³/mol. The van der Waals surface area contributed by atoms with E-state index in [1.807, 2.05) is 36.4 Å². The quantitative estimate of drug-likeness (QED) is 0.834. The van der Waals surface area contributed by atoms with E-state index in [1.165, 1.54) is 0 Å². The van der Waals surface area contributed by atoms with Gasteiger partial charge in [-0.1, -0.05) is 54.6 Å². The molecule has 98 valence electrons. The molecule has 1 heterocycles. The largest absolute Gasteiger partial charge is 0.380 e. The minimum Gasteiger partial charge on any atom is -0.380 e. The number of benzene rings is 2. The Labute approximate surface area is 117 Å². The molecule has 0 amide bonds. The highest BCUT2D eigenvalue weighted by atomic mass is 16.3. The van der Waals surface area contributed by atoms with Crippen LogP contribution in [0.15, 0.2) is 59.6 Å². The highest BCUT2D eigenvalue weighted by molar-refractivity contribution is 5.69. The summed E-state index contributed by atoms with van der Waals surface area (Å²) < 4.78 is 0. The van der Waals surface area contributed by atoms with Crippen molar-refractivity contribution in [1.82, 2.24) is 0 Å². The molecule has 1 atom stereocenters. The molecule has 0 radical (unpaired) electrons. The van der Waals surface area contributed by atoms with Crippen LogP contribution in [-0.4, -0.2) is 11.7 Å². The van der Waals surface area contributed by atoms with Gasteiger partial charge in [0.05, 0.1) is 11.9 Å². The third-order valence-electron chi connectivity index (χ3n) is 4.25. The average Bonchev–Trinajstić information content (AvgIpc) is 2.92. The molecule has 1 N–H and O–H groups in total. The van der Waals surface area contributed by atoms with Gasteiger partial charge in [-0.2, -0.15) is 0 Å². The lowest BCUT2D eigenvalue weighted by Crippen LogP contribution is -2.35. The zero-order valence-electron chi connectivity index (χ0n) is 11.1. The molecule has 0 bridgehead atoms. The Hall–Kier alpha value is -2.19. The molecule has 4 rings (SSSR count). The molecule has 1 aliphatic heterocycles. The van der Waals surface area contributed by atoms with E-state index in [-0.39, 0.29) is 0 Å². The van der Waals surface area contributed by atoms with Crippen molar-refractivity contribution in [2.75, 3.05) is 6.54 Å². The SMILES string of the molecule is O[C@]1(C2=c3ccccc3=NC2)CC=Cc2ccccc21. The maximum absolute atomic E-state index is 11.3. The van der Waals surface area contributed by atoms with Crippen molar-refractivity contribution < 1.29 is 5.11 Å². The Balaban J connectivity index is 2.01. The molecule has 0 unspecified atom stereocenters. The molecule has 2 aromatic rings. The number of hydrogen-bond donors (Lipinski definition) is 1. The van der Waals surface area contributed by atoms with Crippen LogP contribution in [0, 0.1) is 0 Å². The minimum absolute atomic E-state index is 0.581. The Morgan fingerprint density at radius 1 is 1.00 bits per heavy atom. The monoisotopic (exact) mass is 261 g/mol. The minimum atomic E-state index is -0.929. The summed E-state index contributed by atoms with van der Waals surface area (Å²) in [5, 5.41) is 13.4. The summed E-state index contributed by atoms with van der Waals surface area (Å²) >= 11 is 0. The van der Waals surface area contributed by atoms with Gasteiger partial charge in [-0.25, -0.2) is 0 Å². The standard InChI is InChI=1S/C18H15NO/c20-18(11-5-7-13-6-1-3-9-15(13)18)16-12-19-17-10-4-2-8-14(16)17/h1-10,20H,11-12H2/t18-/m1/s1. The van der Waals surface area contributed by atoms with Gasteiger partial charge in [-0.15, -0.1) is 0 Å². The fourth-order valence-corrected chi connectivity index (χ4v) is 3.24. The molecule has 2 nitrogen and oxygen atoms in total. The molecular weight excluding hydrogens is 246 g/mol. The molecule has 1 aliphatic carbocycles. The number of fused-ring (bicyclic) bond motifs is 2. The number of nitrogens with zero attached hydrogens (tertiary/aromatic N) is 1. The number of hydrogen-bond acceptors (Lipinski definition) is 2. The lowest BCUT2D eigenvalue weighted by atomic mass is 9.77. The summed E-state index contributed by atoms with van der Waals surface area (Å²) in [5.74, 6) is 0. The predicted octanol–water partition coefficient (Wildman–Crippen LogP) is 1.78. The van der Waals surface area contributed by atoms with Gasteiger partial charge in [0.2, 0.25) is 0 Å². The first kappa shape index (κ1) is 11.6. The van der Waals surface area contributed by atoms with Gasteiger partial charge in [0.25, 0.3) is 0 Å². The Morgan fingerprint density at radius 2 is 1.80 bits per heavy atom. The van der Waals surface area contributed by atoms with E-state index in [4.69, 9.17) is 0 Å². The molecule has 2 aliphatic rings. The van der Waals surface area contributed by atoms with Crippen LogP contribution in [0.5, 0.6) is 0 Å². The molecule has 0 saturated heterocycles. The number of rotatable bonds is 1. The van der Waals surface area contributed by atoms with Gasteiger partial charge in [-0.3, -0.25) is 4.99 Å². The summed E-state index contributed by atoms with van der Waals surface area (Å²) in [6.07, 6.45) is 4.75. The normalized spacial score (nSPS) is 23.1. The van der Waals surface area contributed by atoms with Crippen LogP contribution in [0.4, 0.5) is 0 Å². The molecule has 0 fully saturated rings. The van der Waals surface area contributed by atoms with Crippen LogP contribution >= 0.6 is 0 Å². The van der Waals surface area contributed by atoms with Crippen LogP contribution in [0.25, 0.3) is 11.6 Å². The zero-order valence-corrected chi connectivity index (χ0v) is 11.1. The Kier molecular flexibility index (Phi) is 2.41. The highest BCUT2D eigenvalue weighted by Crippen LogP contribution is 2.39. The van der Waals surface area contributed by atoms with Crippen molar-refractivity contribution in [3.05, 3.63) is 76.3 Å². The fraction of sp³-hybridized carbons (Fsp3) is 0.167. The van der Waals surface area contributed by atoms with Crippen LogP contribution in [-0.2, 0) is 5.60 Å². The van der Waals surface area contributed by atoms with Crippen molar-refractivity contribution >= 4 is 11.6 Å². The lowest BCUT2D eigenvalue weighted by Gasteiger charge is -2.33. The second-order valence-electron chi connectivity index (χ2n) is 5.37. The molecule has 20 heavy (non-hydrogen) atoms. The first-order chi connectivity index (χ1) is 9.79. The van der Waals surface area contributed by atoms with Crippen LogP contribution in [0.2, 0.25) is 0 Å². The molecule has 0 saturated carbocycles. The van der Waals surface area contributed by atoms with E-state index < -0.39 is 5.60 Å². The van der Waals surface area contributed by atoms with Crippen LogP contribution in [0.3, 0.4) is 0 Å². The molecule has 0 aromatic heterocycles. The number of aliphatic hydroxyl groups is 1. The Bertz CT molecular complexity index is 834. The van der Waals surface area contributed by atoms with E-state index in [0.29, 0.717) is 13.0 Å². The van der Waals surface area contributed by atoms with E-state index in [1.54, 1.807) is 0 Å². The average molecular weight is 261 g/mol. The zero-order chi connectivity index (χ0) is 13.6. The van der Waals surface area contributed by atoms with E-state index in [2.05, 4.69) is 29.3 Å². The van der Waals surface area contributed by atoms with E-state index >= 15 is 0 Å². The van der Waals surface area contributed by atoms with Crippen molar-refractivity contribution in [2.45, 2.75) is 12.0 Å². The third kappa shape index (κ3) is 1.52. The van der Waals surface area contributed by atoms with E-state index in [9.17, 15) is 5.11 Å². The summed E-state index contributed by atoms with van der Waals surface area (Å²) in [6.45, 7) is 0.581. The smallest absolute Gasteiger partial charge is 0.117 e. The van der Waals surface area contributed by atoms with Crippen molar-refractivity contribution in [3.63, 3.8) is 0 Å². The first-order valence-electron chi connectivity index (χ1n) is 6.91. The topological polar surface area (TPSA) is 32.6 Å². The van der Waals surface area contributed by atoms with Gasteiger partial charge in [0, 0.05) is 11.6 Å². The lowest BCUT2D eigenvalue weighted by molar-refractivity contribution is 0.0997. The van der Waals surface area contributed by atoms with E-state index in [0.717, 1.165) is 27.3 Å². The van der Waals surface area contributed by atoms with Crippen LogP contribution in [0.1, 0.15) is 17.5 Å². The van der Waals surface area contributed by atoms with Crippen LogP contribution < -0.4 is 10.6 Å². The molecule has 0 spiro atoms. The highest BCUT2D eigenvalue weighted by Gasteiger charge is 2.37. The fourth-order valence-electron chi connectivity index (χ4n) is 3.24. The van der Waals surface area contributed by atoms with Crippen molar-refractivity contribution in [1.29, 1.82) is 0 Å². The summed E-state index contributed by atoms with van der Waals surface area (Å²) in [4.78, 5) is 4.55. The van der Waals surface area contributed by atoms with Gasteiger partial charge >= 0.3 is 0 Å². The van der Waals surface area contributed by atoms with Gasteiger partial charge in [0.15, 0.2) is 0 Å². The second kappa shape index (κ2) is 4.15. The maximum atomic E-state index is 11.3. The molecular formula is C18H15NO. The summed E-state index contributed by atoms with van der Waals surface area (Å²) in [5.41, 5.74) is 2.17. The number of para-hydroxylation sites is 1. The third-order valence-corrected chi connectivity index (χ3v) is 4.25. The van der Waals surface area contributed by atoms with Crippen molar-refractivity contribution in [3.8, 4) is 0 Å². The second-order valence-corrected chi connectivity index (χ2v) is 5.37. The van der Waals surface area contributed by atoms with Gasteiger partial charge in [0.1, 0.15) is 5.60 Å². The van der Waals surface area contributed by atoms with Crippen molar-refractivity contribution in [2.24, 2.45) is 4.99 Å². The summed E-state index contributed by atoms with van der Waals surface area (Å²) in [7, 11) is 0. The first-order valence-corrected chi connectivity index (χ1v) is 6.91. The molecule has 2 aromatic carbocycles. The molecule has 2 heteroatoms. The van der Waals surface area contributed by atoms with Gasteiger partial charge in [-0.05, 0) is 22.8 Å².